The van der Waals surface area contributed by atoms with Gasteiger partial charge >= 0.3 is 0 Å². The molecule has 0 spiro atoms. The van der Waals surface area contributed by atoms with Gasteiger partial charge < -0.3 is 15.4 Å². The largest absolute Gasteiger partial charge is 0.489 e. The van der Waals surface area contributed by atoms with Crippen LogP contribution in [-0.2, 0) is 22.6 Å². The van der Waals surface area contributed by atoms with Gasteiger partial charge in [0.25, 0.3) is 0 Å². The summed E-state index contributed by atoms with van der Waals surface area (Å²) in [4.78, 5) is 24.1. The van der Waals surface area contributed by atoms with Crippen molar-refractivity contribution in [2.75, 3.05) is 11.9 Å². The summed E-state index contributed by atoms with van der Waals surface area (Å²) in [6, 6.07) is 22.6. The zero-order chi connectivity index (χ0) is 21.2. The van der Waals surface area contributed by atoms with Gasteiger partial charge in [-0.25, -0.2) is 4.39 Å². The van der Waals surface area contributed by atoms with Crippen molar-refractivity contribution in [3.8, 4) is 5.75 Å². The lowest BCUT2D eigenvalue weighted by Gasteiger charge is -2.10. The summed E-state index contributed by atoms with van der Waals surface area (Å²) in [6.45, 7) is 0.559. The van der Waals surface area contributed by atoms with E-state index in [1.54, 1.807) is 36.4 Å². The zero-order valence-corrected chi connectivity index (χ0v) is 16.4. The van der Waals surface area contributed by atoms with Gasteiger partial charge in [-0.2, -0.15) is 0 Å². The molecule has 0 unspecified atom stereocenters. The Hall–Kier alpha value is -3.67. The average molecular weight is 406 g/mol. The van der Waals surface area contributed by atoms with E-state index < -0.39 is 0 Å². The molecule has 0 aliphatic heterocycles. The lowest BCUT2D eigenvalue weighted by Crippen LogP contribution is -2.28. The normalized spacial score (nSPS) is 10.3. The first-order valence-corrected chi connectivity index (χ1v) is 9.66. The molecule has 0 saturated heterocycles. The van der Waals surface area contributed by atoms with Crippen molar-refractivity contribution < 1.29 is 18.7 Å². The van der Waals surface area contributed by atoms with Gasteiger partial charge in [0.1, 0.15) is 18.2 Å². The Morgan fingerprint density at radius 2 is 1.60 bits per heavy atom. The van der Waals surface area contributed by atoms with Gasteiger partial charge in [-0.05, 0) is 35.4 Å². The molecule has 0 radical (unpaired) electrons. The van der Waals surface area contributed by atoms with Crippen LogP contribution in [0.15, 0.2) is 78.9 Å². The van der Waals surface area contributed by atoms with Crippen LogP contribution in [0.3, 0.4) is 0 Å². The Kier molecular flexibility index (Phi) is 7.55. The average Bonchev–Trinajstić information content (AvgIpc) is 2.74. The fraction of sp³-hybridized carbons (Fsp3) is 0.167. The lowest BCUT2D eigenvalue weighted by atomic mass is 10.1. The summed E-state index contributed by atoms with van der Waals surface area (Å²) in [5, 5.41) is 5.54. The Balaban J connectivity index is 1.41. The first kappa shape index (κ1) is 21.0. The molecule has 0 fully saturated rings. The van der Waals surface area contributed by atoms with Crippen LogP contribution >= 0.6 is 0 Å². The van der Waals surface area contributed by atoms with Gasteiger partial charge in [0, 0.05) is 24.7 Å². The molecule has 154 valence electrons. The molecule has 2 N–H and O–H groups in total. The third kappa shape index (κ3) is 7.05. The third-order valence-corrected chi connectivity index (χ3v) is 4.32. The van der Waals surface area contributed by atoms with E-state index in [2.05, 4.69) is 10.6 Å². The number of nitrogens with one attached hydrogen (secondary N) is 2. The van der Waals surface area contributed by atoms with E-state index in [1.807, 2.05) is 30.3 Å². The van der Waals surface area contributed by atoms with Crippen molar-refractivity contribution in [2.45, 2.75) is 19.4 Å². The van der Waals surface area contributed by atoms with Gasteiger partial charge in [-0.15, -0.1) is 0 Å². The SMILES string of the molecule is O=C(Cc1ccccc1)NCCC(=O)Nc1cccc(OCc2ccc(F)cc2)c1. The topological polar surface area (TPSA) is 67.4 Å². The van der Waals surface area contributed by atoms with Gasteiger partial charge in [0.15, 0.2) is 0 Å². The Morgan fingerprint density at radius 1 is 0.833 bits per heavy atom. The van der Waals surface area contributed by atoms with Crippen molar-refractivity contribution in [1.82, 2.24) is 5.32 Å². The highest BCUT2D eigenvalue weighted by atomic mass is 19.1. The Morgan fingerprint density at radius 3 is 2.37 bits per heavy atom. The molecule has 3 aromatic carbocycles. The Bertz CT molecular complexity index is 975. The van der Waals surface area contributed by atoms with Gasteiger partial charge in [-0.1, -0.05) is 48.5 Å². The van der Waals surface area contributed by atoms with Crippen molar-refractivity contribution >= 4 is 17.5 Å². The summed E-state index contributed by atoms with van der Waals surface area (Å²) in [7, 11) is 0. The van der Waals surface area contributed by atoms with Crippen LogP contribution in [0.5, 0.6) is 5.75 Å². The minimum Gasteiger partial charge on any atom is -0.489 e. The highest BCUT2D eigenvalue weighted by Crippen LogP contribution is 2.19. The molecule has 0 aliphatic carbocycles. The van der Waals surface area contributed by atoms with E-state index in [0.29, 0.717) is 18.0 Å². The molecule has 5 nitrogen and oxygen atoms in total. The minimum absolute atomic E-state index is 0.120. The number of ether oxygens (including phenoxy) is 1. The number of halogens is 1. The number of carbonyl (C=O) groups excluding carboxylic acids is 2. The number of anilines is 1. The maximum absolute atomic E-state index is 13.0. The second-order valence-corrected chi connectivity index (χ2v) is 6.75. The van der Waals surface area contributed by atoms with Gasteiger partial charge in [0.05, 0.1) is 6.42 Å². The van der Waals surface area contributed by atoms with Crippen LogP contribution in [0, 0.1) is 5.82 Å². The first-order valence-electron chi connectivity index (χ1n) is 9.66. The summed E-state index contributed by atoms with van der Waals surface area (Å²) in [6.07, 6.45) is 0.455. The summed E-state index contributed by atoms with van der Waals surface area (Å²) >= 11 is 0. The second kappa shape index (κ2) is 10.8. The number of benzene rings is 3. The van der Waals surface area contributed by atoms with Crippen molar-refractivity contribution in [3.63, 3.8) is 0 Å². The molecular weight excluding hydrogens is 383 g/mol. The van der Waals surface area contributed by atoms with E-state index in [-0.39, 0.29) is 37.0 Å². The summed E-state index contributed by atoms with van der Waals surface area (Å²) < 4.78 is 18.6. The quantitative estimate of drug-likeness (QED) is 0.562. The molecular formula is C24H23FN2O3. The number of rotatable bonds is 9. The van der Waals surface area contributed by atoms with E-state index in [9.17, 15) is 14.0 Å². The molecule has 0 aliphatic rings. The monoisotopic (exact) mass is 406 g/mol. The number of hydrogen-bond acceptors (Lipinski definition) is 3. The van der Waals surface area contributed by atoms with Crippen LogP contribution < -0.4 is 15.4 Å². The molecule has 2 amide bonds. The van der Waals surface area contributed by atoms with Crippen LogP contribution in [0.4, 0.5) is 10.1 Å². The first-order chi connectivity index (χ1) is 14.6. The van der Waals surface area contributed by atoms with Crippen molar-refractivity contribution in [3.05, 3.63) is 95.8 Å². The predicted molar refractivity (Wildman–Crippen MR) is 114 cm³/mol. The smallest absolute Gasteiger partial charge is 0.226 e. The molecule has 30 heavy (non-hydrogen) atoms. The number of hydrogen-bond donors (Lipinski definition) is 2. The highest BCUT2D eigenvalue weighted by Gasteiger charge is 2.07. The maximum atomic E-state index is 13.0. The van der Waals surface area contributed by atoms with Crippen molar-refractivity contribution in [1.29, 1.82) is 0 Å². The van der Waals surface area contributed by atoms with E-state index in [0.717, 1.165) is 11.1 Å². The fourth-order valence-electron chi connectivity index (χ4n) is 2.79. The van der Waals surface area contributed by atoms with E-state index in [4.69, 9.17) is 4.74 Å². The fourth-order valence-corrected chi connectivity index (χ4v) is 2.79. The van der Waals surface area contributed by atoms with Crippen LogP contribution in [0.1, 0.15) is 17.5 Å². The number of carbonyl (C=O) groups is 2. The Labute approximate surface area is 174 Å². The van der Waals surface area contributed by atoms with Gasteiger partial charge in [0.2, 0.25) is 11.8 Å². The molecule has 0 bridgehead atoms. The predicted octanol–water partition coefficient (Wildman–Crippen LogP) is 4.09. The third-order valence-electron chi connectivity index (χ3n) is 4.32. The highest BCUT2D eigenvalue weighted by molar-refractivity contribution is 5.91. The maximum Gasteiger partial charge on any atom is 0.226 e. The lowest BCUT2D eigenvalue weighted by molar-refractivity contribution is -0.120. The molecule has 3 aromatic rings. The molecule has 0 atom stereocenters. The summed E-state index contributed by atoms with van der Waals surface area (Å²) in [5.74, 6) is -0.0242. The molecule has 6 heteroatoms. The van der Waals surface area contributed by atoms with Gasteiger partial charge in [-0.3, -0.25) is 9.59 Å². The molecule has 0 saturated carbocycles. The molecule has 3 rings (SSSR count). The van der Waals surface area contributed by atoms with Crippen molar-refractivity contribution in [2.24, 2.45) is 0 Å². The van der Waals surface area contributed by atoms with E-state index >= 15 is 0 Å². The molecule has 0 aromatic heterocycles. The minimum atomic E-state index is -0.292. The van der Waals surface area contributed by atoms with E-state index in [1.165, 1.54) is 12.1 Å². The standard InChI is InChI=1S/C24H23FN2O3/c25-20-11-9-19(10-12-20)17-30-22-8-4-7-21(16-22)27-23(28)13-14-26-24(29)15-18-5-2-1-3-6-18/h1-12,16H,13-15,17H2,(H,26,29)(H,27,28). The second-order valence-electron chi connectivity index (χ2n) is 6.75. The molecule has 0 heterocycles. The van der Waals surface area contributed by atoms with Crippen LogP contribution in [0.25, 0.3) is 0 Å². The summed E-state index contributed by atoms with van der Waals surface area (Å²) in [5.41, 5.74) is 2.38. The number of amides is 2. The van der Waals surface area contributed by atoms with Crippen LogP contribution in [0.2, 0.25) is 0 Å². The zero-order valence-electron chi connectivity index (χ0n) is 16.4. The van der Waals surface area contributed by atoms with Crippen LogP contribution in [-0.4, -0.2) is 18.4 Å².